The average molecular weight is 384 g/mol. The minimum Gasteiger partial charge on any atom is -0.497 e. The molecule has 0 radical (unpaired) electrons. The minimum absolute atomic E-state index is 0.0742. The molecule has 0 bridgehead atoms. The van der Waals surface area contributed by atoms with Crippen LogP contribution in [0.25, 0.3) is 0 Å². The first-order valence-corrected chi connectivity index (χ1v) is 8.88. The second-order valence-electron chi connectivity index (χ2n) is 6.30. The second-order valence-corrected chi connectivity index (χ2v) is 6.30. The maximum absolute atomic E-state index is 12.8. The normalized spacial score (nSPS) is 11.6. The minimum atomic E-state index is -1.11. The smallest absolute Gasteiger partial charge is 0.320 e. The molecule has 2 rings (SSSR count). The van der Waals surface area contributed by atoms with Gasteiger partial charge in [-0.15, -0.1) is 0 Å². The van der Waals surface area contributed by atoms with Gasteiger partial charge in [-0.05, 0) is 30.0 Å². The van der Waals surface area contributed by atoms with E-state index in [1.165, 1.54) is 14.2 Å². The molecule has 0 aliphatic rings. The summed E-state index contributed by atoms with van der Waals surface area (Å²) < 4.78 is 14.7. The Morgan fingerprint density at radius 2 is 1.39 bits per heavy atom. The largest absolute Gasteiger partial charge is 0.497 e. The highest BCUT2D eigenvalue weighted by atomic mass is 16.5. The summed E-state index contributed by atoms with van der Waals surface area (Å²) in [6.07, 6.45) is 0.241. The topological polar surface area (TPSA) is 78.9 Å². The summed E-state index contributed by atoms with van der Waals surface area (Å²) in [6.45, 7) is 0. The van der Waals surface area contributed by atoms with E-state index in [1.54, 1.807) is 43.5 Å². The highest BCUT2D eigenvalue weighted by molar-refractivity contribution is 5.97. The Bertz CT molecular complexity index is 782. The molecule has 1 unspecified atom stereocenters. The number of methoxy groups -OCH3 is 3. The number of hydrogen-bond acceptors (Lipinski definition) is 6. The van der Waals surface area contributed by atoms with E-state index in [2.05, 4.69) is 0 Å². The quantitative estimate of drug-likeness (QED) is 0.375. The van der Waals surface area contributed by atoms with Gasteiger partial charge in [-0.1, -0.05) is 42.5 Å². The lowest BCUT2D eigenvalue weighted by atomic mass is 9.84. The van der Waals surface area contributed by atoms with Crippen LogP contribution in [0.4, 0.5) is 0 Å². The highest BCUT2D eigenvalue weighted by Crippen LogP contribution is 2.31. The molecule has 2 aromatic rings. The predicted molar refractivity (Wildman–Crippen MR) is 103 cm³/mol. The molecule has 0 aliphatic heterocycles. The van der Waals surface area contributed by atoms with Gasteiger partial charge in [0.15, 0.2) is 11.7 Å². The van der Waals surface area contributed by atoms with Crippen LogP contribution in [0.1, 0.15) is 34.7 Å². The molecule has 2 aromatic carbocycles. The molecule has 0 saturated carbocycles. The molecule has 28 heavy (non-hydrogen) atoms. The van der Waals surface area contributed by atoms with Gasteiger partial charge in [-0.25, -0.2) is 0 Å². The number of Topliss-reactive ketones (excluding diaryl/α,β-unsaturated/α-hetero) is 1. The van der Waals surface area contributed by atoms with E-state index >= 15 is 0 Å². The second kappa shape index (κ2) is 10.3. The van der Waals surface area contributed by atoms with E-state index in [4.69, 9.17) is 14.2 Å². The summed E-state index contributed by atoms with van der Waals surface area (Å²) in [4.78, 5) is 37.0. The zero-order chi connectivity index (χ0) is 20.5. The molecule has 0 aromatic heterocycles. The SMILES string of the molecule is COC(=O)C(CC(CC(=O)c1ccccc1)c1ccc(OC)cc1)C(=O)OC. The van der Waals surface area contributed by atoms with Crippen molar-refractivity contribution in [1.82, 2.24) is 0 Å². The van der Waals surface area contributed by atoms with Crippen molar-refractivity contribution in [3.63, 3.8) is 0 Å². The van der Waals surface area contributed by atoms with Crippen molar-refractivity contribution in [3.8, 4) is 5.75 Å². The first kappa shape index (κ1) is 21.2. The van der Waals surface area contributed by atoms with Crippen LogP contribution in [0, 0.1) is 5.92 Å². The molecule has 0 spiro atoms. The lowest BCUT2D eigenvalue weighted by Gasteiger charge is -2.21. The third-order valence-electron chi connectivity index (χ3n) is 4.61. The van der Waals surface area contributed by atoms with Gasteiger partial charge in [0.25, 0.3) is 0 Å². The molecular formula is C22H24O6. The van der Waals surface area contributed by atoms with Crippen molar-refractivity contribution in [2.24, 2.45) is 5.92 Å². The van der Waals surface area contributed by atoms with Crippen LogP contribution < -0.4 is 4.74 Å². The van der Waals surface area contributed by atoms with E-state index < -0.39 is 17.9 Å². The van der Waals surface area contributed by atoms with Crippen molar-refractivity contribution in [2.75, 3.05) is 21.3 Å². The van der Waals surface area contributed by atoms with Crippen LogP contribution in [0.2, 0.25) is 0 Å². The van der Waals surface area contributed by atoms with Crippen LogP contribution in [-0.4, -0.2) is 39.1 Å². The molecule has 0 saturated heterocycles. The number of hydrogen-bond donors (Lipinski definition) is 0. The third-order valence-corrected chi connectivity index (χ3v) is 4.61. The fraction of sp³-hybridized carbons (Fsp3) is 0.318. The summed E-state index contributed by atoms with van der Waals surface area (Å²) in [5, 5.41) is 0. The molecule has 6 heteroatoms. The van der Waals surface area contributed by atoms with Gasteiger partial charge in [0.1, 0.15) is 5.75 Å². The van der Waals surface area contributed by atoms with Crippen molar-refractivity contribution < 1.29 is 28.6 Å². The molecular weight excluding hydrogens is 360 g/mol. The van der Waals surface area contributed by atoms with Gasteiger partial charge in [-0.3, -0.25) is 14.4 Å². The summed E-state index contributed by atoms with van der Waals surface area (Å²) in [5.41, 5.74) is 1.40. The van der Waals surface area contributed by atoms with E-state index in [1.807, 2.05) is 18.2 Å². The maximum atomic E-state index is 12.8. The molecule has 0 heterocycles. The number of ketones is 1. The summed E-state index contributed by atoms with van der Waals surface area (Å²) in [6, 6.07) is 16.1. The number of carbonyl (C=O) groups excluding carboxylic acids is 3. The number of esters is 2. The molecule has 0 aliphatic carbocycles. The number of rotatable bonds is 9. The van der Waals surface area contributed by atoms with Crippen molar-refractivity contribution >= 4 is 17.7 Å². The van der Waals surface area contributed by atoms with Crippen molar-refractivity contribution in [1.29, 1.82) is 0 Å². The van der Waals surface area contributed by atoms with Gasteiger partial charge in [-0.2, -0.15) is 0 Å². The zero-order valence-electron chi connectivity index (χ0n) is 16.2. The summed E-state index contributed by atoms with van der Waals surface area (Å²) in [5.74, 6) is -2.24. The van der Waals surface area contributed by atoms with Crippen LogP contribution in [0.5, 0.6) is 5.75 Å². The molecule has 0 N–H and O–H groups in total. The molecule has 148 valence electrons. The number of carbonyl (C=O) groups is 3. The van der Waals surface area contributed by atoms with Gasteiger partial charge < -0.3 is 14.2 Å². The van der Waals surface area contributed by atoms with Gasteiger partial charge in [0.05, 0.1) is 21.3 Å². The van der Waals surface area contributed by atoms with Crippen LogP contribution >= 0.6 is 0 Å². The fourth-order valence-corrected chi connectivity index (χ4v) is 3.04. The summed E-state index contributed by atoms with van der Waals surface area (Å²) >= 11 is 0. The third kappa shape index (κ3) is 5.42. The Hall–Kier alpha value is -3.15. The van der Waals surface area contributed by atoms with Crippen molar-refractivity contribution in [2.45, 2.75) is 18.8 Å². The Labute approximate surface area is 164 Å². The average Bonchev–Trinajstić information content (AvgIpc) is 2.76. The number of ether oxygens (including phenoxy) is 3. The fourth-order valence-electron chi connectivity index (χ4n) is 3.04. The van der Waals surface area contributed by atoms with E-state index in [-0.39, 0.29) is 24.5 Å². The highest BCUT2D eigenvalue weighted by Gasteiger charge is 2.33. The van der Waals surface area contributed by atoms with Crippen LogP contribution in [0.3, 0.4) is 0 Å². The molecule has 0 fully saturated rings. The van der Waals surface area contributed by atoms with E-state index in [9.17, 15) is 14.4 Å². The predicted octanol–water partition coefficient (Wildman–Crippen LogP) is 3.40. The van der Waals surface area contributed by atoms with Gasteiger partial charge >= 0.3 is 11.9 Å². The molecule has 0 amide bonds. The maximum Gasteiger partial charge on any atom is 0.320 e. The Morgan fingerprint density at radius 3 is 1.89 bits per heavy atom. The zero-order valence-corrected chi connectivity index (χ0v) is 16.2. The lowest BCUT2D eigenvalue weighted by Crippen LogP contribution is -2.29. The van der Waals surface area contributed by atoms with Crippen LogP contribution in [-0.2, 0) is 19.1 Å². The van der Waals surface area contributed by atoms with Crippen molar-refractivity contribution in [3.05, 3.63) is 65.7 Å². The Kier molecular flexibility index (Phi) is 7.75. The Morgan fingerprint density at radius 1 is 0.821 bits per heavy atom. The van der Waals surface area contributed by atoms with Gasteiger partial charge in [0.2, 0.25) is 0 Å². The molecule has 1 atom stereocenters. The van der Waals surface area contributed by atoms with Crippen LogP contribution in [0.15, 0.2) is 54.6 Å². The van der Waals surface area contributed by atoms with E-state index in [0.29, 0.717) is 11.3 Å². The standard InChI is InChI=1S/C22H24O6/c1-26-18-11-9-15(10-12-18)17(13-19(21(24)27-2)22(25)28-3)14-20(23)16-7-5-4-6-8-16/h4-12,17,19H,13-14H2,1-3H3. The first-order chi connectivity index (χ1) is 13.5. The Balaban J connectivity index is 2.32. The van der Waals surface area contributed by atoms with Gasteiger partial charge in [0, 0.05) is 12.0 Å². The first-order valence-electron chi connectivity index (χ1n) is 8.88. The van der Waals surface area contributed by atoms with E-state index in [0.717, 1.165) is 5.56 Å². The summed E-state index contributed by atoms with van der Waals surface area (Å²) in [7, 11) is 4.00. The lowest BCUT2D eigenvalue weighted by molar-refractivity contribution is -0.159. The monoisotopic (exact) mass is 384 g/mol. The molecule has 6 nitrogen and oxygen atoms in total. The number of benzene rings is 2.